The molecule has 5 rings (SSSR count). The number of unbranched alkanes of at least 4 members (excludes halogenated alkanes) is 1. The van der Waals surface area contributed by atoms with Gasteiger partial charge in [0.05, 0.1) is 11.5 Å². The van der Waals surface area contributed by atoms with Gasteiger partial charge in [-0.05, 0) is 59.2 Å². The van der Waals surface area contributed by atoms with E-state index in [0.717, 1.165) is 12.0 Å². The number of nitro groups is 1. The third-order valence-corrected chi connectivity index (χ3v) is 7.06. The number of ether oxygens (including phenoxy) is 2. The van der Waals surface area contributed by atoms with Crippen molar-refractivity contribution in [3.8, 4) is 11.1 Å². The molecule has 0 spiro atoms. The summed E-state index contributed by atoms with van der Waals surface area (Å²) in [6.45, 7) is 1.20. The van der Waals surface area contributed by atoms with Gasteiger partial charge < -0.3 is 25.2 Å². The van der Waals surface area contributed by atoms with Gasteiger partial charge in [-0.2, -0.15) is 0 Å². The average Bonchev–Trinajstić information content (AvgIpc) is 3.35. The van der Waals surface area contributed by atoms with Crippen molar-refractivity contribution in [3.63, 3.8) is 0 Å². The Morgan fingerprint density at radius 3 is 2.75 bits per heavy atom. The number of aliphatic hydroxyl groups is 1. The summed E-state index contributed by atoms with van der Waals surface area (Å²) >= 11 is 0. The predicted octanol–water partition coefficient (Wildman–Crippen LogP) is 4.29. The van der Waals surface area contributed by atoms with Crippen LogP contribution in [0.2, 0.25) is 0 Å². The molecule has 2 aliphatic rings. The Hall–Kier alpha value is -4.28. The molecular weight excluding hydrogens is 512 g/mol. The lowest BCUT2D eigenvalue weighted by Gasteiger charge is -2.29. The Morgan fingerprint density at radius 2 is 1.95 bits per heavy atom. The van der Waals surface area contributed by atoms with Crippen molar-refractivity contribution in [1.29, 1.82) is 0 Å². The second-order valence-electron chi connectivity index (χ2n) is 9.81. The van der Waals surface area contributed by atoms with E-state index in [4.69, 9.17) is 14.6 Å². The number of benzene rings is 2. The normalized spacial score (nSPS) is 17.3. The van der Waals surface area contributed by atoms with E-state index in [0.29, 0.717) is 44.8 Å². The molecule has 0 bridgehead atoms. The molecule has 10 nitrogen and oxygen atoms in total. The molecule has 0 saturated heterocycles. The molecule has 1 aliphatic carbocycles. The maximum atomic E-state index is 13.1. The van der Waals surface area contributed by atoms with Crippen molar-refractivity contribution in [1.82, 2.24) is 10.3 Å². The molecule has 0 unspecified atom stereocenters. The van der Waals surface area contributed by atoms with E-state index in [2.05, 4.69) is 58.1 Å². The molecule has 1 aromatic heterocycles. The molecule has 208 valence electrons. The summed E-state index contributed by atoms with van der Waals surface area (Å²) in [5, 5.41) is 25.7. The van der Waals surface area contributed by atoms with Gasteiger partial charge in [-0.1, -0.05) is 42.5 Å². The van der Waals surface area contributed by atoms with Gasteiger partial charge in [-0.15, -0.1) is 0 Å². The fraction of sp³-hybridized carbons (Fsp3) is 0.333. The standard InChI is InChI=1S/C30H32N4O6/c35-13-3-4-14-39-29-18-22(20-7-9-26-23(15-20)16-21-5-1-2-6-25(21)26)17-27(40-29)30(36)32-12-11-31-28-10-8-24(19-33-28)34(37)38/h1-2,5-10,15,17,19,22,29,35H,3-4,11-14,16,18H2,(H,31,33)(H,32,36)/t22-,29+/m0/s1. The minimum Gasteiger partial charge on any atom is -0.459 e. The van der Waals surface area contributed by atoms with Gasteiger partial charge >= 0.3 is 0 Å². The highest BCUT2D eigenvalue weighted by Crippen LogP contribution is 2.39. The molecule has 3 N–H and O–H groups in total. The van der Waals surface area contributed by atoms with Crippen molar-refractivity contribution in [2.75, 3.05) is 31.6 Å². The molecule has 0 saturated carbocycles. The molecule has 2 atom stereocenters. The maximum Gasteiger partial charge on any atom is 0.287 e. The van der Waals surface area contributed by atoms with Crippen LogP contribution in [0, 0.1) is 10.1 Å². The number of aliphatic hydroxyl groups excluding tert-OH is 1. The van der Waals surface area contributed by atoms with Crippen LogP contribution in [-0.2, 0) is 20.7 Å². The van der Waals surface area contributed by atoms with Crippen LogP contribution >= 0.6 is 0 Å². The van der Waals surface area contributed by atoms with Gasteiger partial charge in [0.15, 0.2) is 5.76 Å². The highest BCUT2D eigenvalue weighted by Gasteiger charge is 2.29. The molecular formula is C30H32N4O6. The zero-order chi connectivity index (χ0) is 27.9. The van der Waals surface area contributed by atoms with E-state index in [-0.39, 0.29) is 29.9 Å². The molecule has 0 radical (unpaired) electrons. The van der Waals surface area contributed by atoms with E-state index >= 15 is 0 Å². The number of anilines is 1. The van der Waals surface area contributed by atoms with Crippen molar-refractivity contribution >= 4 is 17.4 Å². The van der Waals surface area contributed by atoms with Crippen molar-refractivity contribution in [2.24, 2.45) is 0 Å². The number of hydrogen-bond donors (Lipinski definition) is 3. The first-order valence-corrected chi connectivity index (χ1v) is 13.5. The van der Waals surface area contributed by atoms with Gasteiger partial charge in [-0.25, -0.2) is 4.98 Å². The third kappa shape index (κ3) is 6.47. The van der Waals surface area contributed by atoms with Crippen LogP contribution in [-0.4, -0.2) is 53.5 Å². The molecule has 1 amide bonds. The first-order valence-electron chi connectivity index (χ1n) is 13.5. The largest absolute Gasteiger partial charge is 0.459 e. The summed E-state index contributed by atoms with van der Waals surface area (Å²) in [6.07, 6.45) is 5.26. The minimum atomic E-state index is -0.581. The number of fused-ring (bicyclic) bond motifs is 3. The Balaban J connectivity index is 1.24. The topological polar surface area (TPSA) is 136 Å². The molecule has 1 aliphatic heterocycles. The lowest BCUT2D eigenvalue weighted by molar-refractivity contribution is -0.385. The van der Waals surface area contributed by atoms with Crippen LogP contribution in [0.25, 0.3) is 11.1 Å². The first kappa shape index (κ1) is 27.3. The Labute approximate surface area is 232 Å². The summed E-state index contributed by atoms with van der Waals surface area (Å²) in [7, 11) is 0. The lowest BCUT2D eigenvalue weighted by atomic mass is 9.90. The Morgan fingerprint density at radius 1 is 1.10 bits per heavy atom. The van der Waals surface area contributed by atoms with Crippen LogP contribution in [0.5, 0.6) is 0 Å². The Bertz CT molecular complexity index is 1390. The number of allylic oxidation sites excluding steroid dienone is 1. The van der Waals surface area contributed by atoms with Crippen molar-refractivity contribution in [2.45, 2.75) is 37.9 Å². The van der Waals surface area contributed by atoms with E-state index in [1.807, 2.05) is 6.08 Å². The van der Waals surface area contributed by atoms with Crippen molar-refractivity contribution < 1.29 is 24.3 Å². The predicted molar refractivity (Wildman–Crippen MR) is 150 cm³/mol. The number of nitrogens with one attached hydrogen (secondary N) is 2. The number of carbonyl (C=O) groups excluding carboxylic acids is 1. The van der Waals surface area contributed by atoms with E-state index < -0.39 is 11.2 Å². The van der Waals surface area contributed by atoms with E-state index in [1.165, 1.54) is 40.6 Å². The third-order valence-electron chi connectivity index (χ3n) is 7.06. The summed E-state index contributed by atoms with van der Waals surface area (Å²) in [5.74, 6) is 0.276. The zero-order valence-electron chi connectivity index (χ0n) is 22.0. The highest BCUT2D eigenvalue weighted by atomic mass is 16.7. The van der Waals surface area contributed by atoms with Crippen molar-refractivity contribution in [3.05, 3.63) is 99.4 Å². The minimum absolute atomic E-state index is 0.0613. The number of hydrogen-bond acceptors (Lipinski definition) is 8. The van der Waals surface area contributed by atoms with Gasteiger partial charge in [0.1, 0.15) is 12.0 Å². The van der Waals surface area contributed by atoms with Crippen LogP contribution in [0.1, 0.15) is 41.9 Å². The fourth-order valence-corrected chi connectivity index (χ4v) is 5.03. The molecule has 3 aromatic rings. The number of pyridine rings is 1. The fourth-order valence-electron chi connectivity index (χ4n) is 5.03. The number of nitrogens with zero attached hydrogens (tertiary/aromatic N) is 2. The maximum absolute atomic E-state index is 13.1. The number of amides is 1. The molecule has 0 fully saturated rings. The quantitative estimate of drug-likeness (QED) is 0.137. The first-order chi connectivity index (χ1) is 19.5. The van der Waals surface area contributed by atoms with Gasteiger partial charge in [0.25, 0.3) is 11.6 Å². The second-order valence-corrected chi connectivity index (χ2v) is 9.81. The number of rotatable bonds is 12. The van der Waals surface area contributed by atoms with E-state index in [1.54, 1.807) is 0 Å². The number of aromatic nitrogens is 1. The van der Waals surface area contributed by atoms with Gasteiger partial charge in [0.2, 0.25) is 6.29 Å². The molecule has 2 aromatic carbocycles. The van der Waals surface area contributed by atoms with Crippen LogP contribution in [0.3, 0.4) is 0 Å². The molecule has 10 heteroatoms. The smallest absolute Gasteiger partial charge is 0.287 e. The number of carbonyl (C=O) groups is 1. The van der Waals surface area contributed by atoms with Gasteiger partial charge in [-0.3, -0.25) is 14.9 Å². The summed E-state index contributed by atoms with van der Waals surface area (Å²) in [6, 6.07) is 17.8. The summed E-state index contributed by atoms with van der Waals surface area (Å²) in [5.41, 5.74) is 6.14. The van der Waals surface area contributed by atoms with Crippen LogP contribution in [0.4, 0.5) is 11.5 Å². The lowest BCUT2D eigenvalue weighted by Crippen LogP contribution is -2.35. The summed E-state index contributed by atoms with van der Waals surface area (Å²) < 4.78 is 11.9. The average molecular weight is 545 g/mol. The SMILES string of the molecule is O=C(NCCNc1ccc([N+](=O)[O-])cn1)C1=C[C@H](c2ccc3c(c2)Cc2ccccc2-3)C[C@H](OCCCCO)O1. The monoisotopic (exact) mass is 544 g/mol. The zero-order valence-corrected chi connectivity index (χ0v) is 22.0. The van der Waals surface area contributed by atoms with E-state index in [9.17, 15) is 14.9 Å². The Kier molecular flexibility index (Phi) is 8.68. The second kappa shape index (κ2) is 12.7. The van der Waals surface area contributed by atoms with Crippen LogP contribution in [0.15, 0.2) is 72.6 Å². The molecule has 2 heterocycles. The van der Waals surface area contributed by atoms with Gasteiger partial charge in [0, 0.05) is 38.1 Å². The summed E-state index contributed by atoms with van der Waals surface area (Å²) in [4.78, 5) is 27.3. The highest BCUT2D eigenvalue weighted by molar-refractivity contribution is 5.91. The molecule has 40 heavy (non-hydrogen) atoms. The van der Waals surface area contributed by atoms with Crippen LogP contribution < -0.4 is 10.6 Å².